The summed E-state index contributed by atoms with van der Waals surface area (Å²) in [6.45, 7) is 1.38. The molecule has 3 aliphatic rings. The van der Waals surface area contributed by atoms with E-state index in [4.69, 9.17) is 92.9 Å². The number of amides is 3. The Balaban J connectivity index is 0.000000191. The molecule has 0 atom stereocenters. The van der Waals surface area contributed by atoms with Gasteiger partial charge in [0.15, 0.2) is 17.5 Å². The SMILES string of the molecule is [2H]c1nc(C([2H])([2H])[2H])nn1-c1ncc(OC([2H])([2H])[2H])c2c(C(=O)C(=O)N3C([2H])([2H])C([2H])([2H])C(=C([N+]#[C-])c4ccccn4)C([2H])([2H])C3([2H])[2H])c[nH]c12.[2H]c1nc(C([N+]#[C-])=C2C([2H])([2H])C([2H])([2H])N(C(=O)C(=O)c3c[nH]c4c(-n5nc(C([2H])([2H])[2H])nc5[2H])ncc(OC([2H])([2H])[2H])c34)C([2H])([2H])C2([2H])[2H])c([2H])c([2H])c1C.[2H]c1nc(C([N+]#[C-])=C2CCN(C(=O)C(=O)c3c[nH]c4c(-n5nc(C([2H])([2H])[2H])nc5[2H])ncc(OC([2H])([2H])[2H])c34)CC2)c([2H])c([2H])c1C. The molecule has 3 N–H and O–H groups in total. The van der Waals surface area contributed by atoms with Crippen LogP contribution in [0.15, 0.2) is 134 Å². The molecule has 552 valence electrons. The summed E-state index contributed by atoms with van der Waals surface area (Å²) in [5, 5.41) is 9.92. The molecule has 15 rings (SSSR count). The summed E-state index contributed by atoms with van der Waals surface area (Å²) in [7, 11) is -9.43. The molecule has 0 saturated carbocycles. The van der Waals surface area contributed by atoms with Crippen LogP contribution in [-0.4, -0.2) is 199 Å². The van der Waals surface area contributed by atoms with Crippen molar-refractivity contribution in [2.75, 3.05) is 60.2 Å². The van der Waals surface area contributed by atoms with E-state index in [1.165, 1.54) is 43.1 Å². The van der Waals surface area contributed by atoms with E-state index in [2.05, 4.69) is 89.6 Å². The summed E-state index contributed by atoms with van der Waals surface area (Å²) in [5.41, 5.74) is -8.68. The standard InChI is InChI=1S/2C26H24N8O3.C25H22N8O3/c2*1-15-5-6-19(28-11-15)22(27-3)17-7-9-33(10-8-17)26(36)24(35)18-12-29-23-21(18)20(37-4)13-30-25(23)34-14-31-16(2)32-34;1-15-30-14-33(31-15)24-22-20(19(36-3)13-29-24)17(12-28-22)23(34)25(35)32-10-7-16(8-11-32)21(26-2)18-6-4-5-9-27-18/h2*5-6,11-14,29H,7-10H2,1-2,4H3;4-6,9,12-14,28H,7-8,10-11H2,1,3H3/i2D3,4D3,5D,6D,7D2,8D2,9D2,10D2,11D,14D;2D3,4D3,5D,6D,11D,14D;1D3,3D3,7D2,8D2,10D2,11D2,14D. The first-order valence-electron chi connectivity index (χ1n) is 52.4. The molecular weight excluding hydrogens is 1410 g/mol. The summed E-state index contributed by atoms with van der Waals surface area (Å²) in [4.78, 5) is 135. The van der Waals surface area contributed by atoms with Crippen molar-refractivity contribution < 1.29 is 102 Å². The highest BCUT2D eigenvalue weighted by Crippen LogP contribution is 2.37. The molecule has 0 unspecified atom stereocenters. The van der Waals surface area contributed by atoms with Crippen molar-refractivity contribution >= 4 is 84.9 Å². The lowest BCUT2D eigenvalue weighted by Gasteiger charge is -2.28. The normalized spacial score (nSPS) is 23.5. The van der Waals surface area contributed by atoms with Gasteiger partial charge >= 0.3 is 0 Å². The number of fused-ring (bicyclic) bond motifs is 3. The molecule has 0 aromatic carbocycles. The smallest absolute Gasteiger partial charge is 0.295 e. The van der Waals surface area contributed by atoms with Crippen LogP contribution in [0.3, 0.4) is 0 Å². The van der Waals surface area contributed by atoms with Crippen LogP contribution < -0.4 is 14.2 Å². The zero-order valence-corrected chi connectivity index (χ0v) is 55.7. The number of rotatable bonds is 15. The highest BCUT2D eigenvalue weighted by Gasteiger charge is 2.35. The van der Waals surface area contributed by atoms with Crippen molar-refractivity contribution in [2.24, 2.45) is 0 Å². The zero-order valence-electron chi connectivity index (χ0n) is 98.7. The molecule has 3 amide bonds. The number of carbonyl (C=O) groups excluding carboxylic acids is 6. The Morgan fingerprint density at radius 2 is 0.845 bits per heavy atom. The molecule has 0 bridgehead atoms. The number of hydrogen-bond acceptors (Lipinski definition) is 21. The monoisotopic (exact) mass is 1520 g/mol. The summed E-state index contributed by atoms with van der Waals surface area (Å²) < 4.78 is 365. The van der Waals surface area contributed by atoms with E-state index in [0.717, 1.165) is 35.7 Å². The number of likely N-dealkylation sites (tertiary alicyclic amines) is 3. The van der Waals surface area contributed by atoms with Crippen LogP contribution in [-0.2, 0) is 14.4 Å². The molecule has 12 aromatic heterocycles. The molecule has 3 aliphatic heterocycles. The van der Waals surface area contributed by atoms with Crippen LogP contribution in [0.2, 0.25) is 0 Å². The second-order valence-corrected chi connectivity index (χ2v) is 22.2. The number of H-pyrrole nitrogens is 3. The van der Waals surface area contributed by atoms with Crippen molar-refractivity contribution in [3.05, 3.63) is 230 Å². The maximum Gasteiger partial charge on any atom is 0.295 e. The third-order valence-corrected chi connectivity index (χ3v) is 15.7. The van der Waals surface area contributed by atoms with Crippen molar-refractivity contribution in [1.82, 2.24) is 104 Å². The predicted molar refractivity (Wildman–Crippen MR) is 400 cm³/mol. The Morgan fingerprint density at radius 3 is 1.19 bits per heavy atom. The first-order chi connectivity index (χ1) is 70.2. The van der Waals surface area contributed by atoms with Crippen LogP contribution in [0.4, 0.5) is 0 Å². The van der Waals surface area contributed by atoms with Crippen LogP contribution in [0.1, 0.15) is 174 Å². The molecule has 33 nitrogen and oxygen atoms in total. The number of hydrogen-bond donors (Lipinski definition) is 3. The van der Waals surface area contributed by atoms with Gasteiger partial charge in [0, 0.05) is 110 Å². The molecule has 0 aliphatic carbocycles. The minimum absolute atomic E-state index is 0.00638. The van der Waals surface area contributed by atoms with E-state index >= 15 is 0 Å². The zero-order chi connectivity index (χ0) is 115. The minimum atomic E-state index is -4.05. The average molecular weight is 1520 g/mol. The average Bonchev–Trinajstić information content (AvgIpc) is 1.12. The molecule has 12 aromatic rings. The lowest BCUT2D eigenvalue weighted by Crippen LogP contribution is -2.40. The van der Waals surface area contributed by atoms with Gasteiger partial charge in [-0.15, -0.1) is 0 Å². The van der Waals surface area contributed by atoms with Crippen molar-refractivity contribution in [3.63, 3.8) is 0 Å². The van der Waals surface area contributed by atoms with Gasteiger partial charge in [0.05, 0.1) is 146 Å². The second kappa shape index (κ2) is 32.0. The molecule has 0 spiro atoms. The number of pyridine rings is 6. The molecule has 15 heterocycles. The number of aromatic amines is 3. The number of methoxy groups -OCH3 is 3. The number of ether oxygens (including phenoxy) is 3. The quantitative estimate of drug-likeness (QED) is 0.0488. The van der Waals surface area contributed by atoms with Crippen LogP contribution in [0.5, 0.6) is 17.2 Å². The molecular formula is C77H70N24O9. The number of nitrogens with one attached hydrogen (secondary N) is 3. The number of aromatic nitrogens is 18. The third kappa shape index (κ3) is 14.8. The van der Waals surface area contributed by atoms with Crippen molar-refractivity contribution in [3.8, 4) is 34.7 Å². The molecule has 33 heteroatoms. The van der Waals surface area contributed by atoms with Crippen molar-refractivity contribution in [1.29, 1.82) is 0 Å². The fourth-order valence-corrected chi connectivity index (χ4v) is 10.7. The predicted octanol–water partition coefficient (Wildman–Crippen LogP) is 9.59. The van der Waals surface area contributed by atoms with E-state index in [1.807, 2.05) is 0 Å². The van der Waals surface area contributed by atoms with Gasteiger partial charge in [-0.25, -0.2) is 58.5 Å². The maximum atomic E-state index is 14.1. The lowest BCUT2D eigenvalue weighted by molar-refractivity contribution is -0.127. The third-order valence-electron chi connectivity index (χ3n) is 15.7. The van der Waals surface area contributed by atoms with Gasteiger partial charge in [-0.2, -0.15) is 15.3 Å². The number of ketones is 3. The Labute approximate surface area is 688 Å². The minimum Gasteiger partial charge on any atom is -0.494 e. The van der Waals surface area contributed by atoms with Gasteiger partial charge in [0.25, 0.3) is 35.1 Å². The van der Waals surface area contributed by atoms with Gasteiger partial charge in [0.2, 0.25) is 17.1 Å². The van der Waals surface area contributed by atoms with E-state index in [0.29, 0.717) is 21.1 Å². The summed E-state index contributed by atoms with van der Waals surface area (Å²) in [6, 6.07) is 1.92. The van der Waals surface area contributed by atoms with Crippen LogP contribution in [0, 0.1) is 54.1 Å². The van der Waals surface area contributed by atoms with E-state index < -0.39 is 277 Å². The number of aryl methyl sites for hydroxylation is 3. The summed E-state index contributed by atoms with van der Waals surface area (Å²) in [6.07, 6.45) is -11.8. The summed E-state index contributed by atoms with van der Waals surface area (Å²) >= 11 is 0. The Bertz CT molecular complexity index is 7930. The highest BCUT2D eigenvalue weighted by atomic mass is 16.5. The lowest BCUT2D eigenvalue weighted by atomic mass is 9.99. The molecule has 3 fully saturated rings. The second-order valence-electron chi connectivity index (χ2n) is 22.2. The van der Waals surface area contributed by atoms with Crippen molar-refractivity contribution in [2.45, 2.75) is 72.7 Å². The largest absolute Gasteiger partial charge is 0.494 e. The fraction of sp³-hybridized carbons (Fsp3) is 0.260. The van der Waals surface area contributed by atoms with E-state index in [1.54, 1.807) is 0 Å². The number of Topliss-reactive ketones (excluding diaryl/α,β-unsaturated/α-hetero) is 3. The van der Waals surface area contributed by atoms with Gasteiger partial charge < -0.3 is 43.9 Å². The molecule has 110 heavy (non-hydrogen) atoms. The van der Waals surface area contributed by atoms with Gasteiger partial charge in [-0.3, -0.25) is 43.7 Å². The van der Waals surface area contributed by atoms with E-state index in [9.17, 15) is 28.8 Å². The highest BCUT2D eigenvalue weighted by molar-refractivity contribution is 6.46. The van der Waals surface area contributed by atoms with Gasteiger partial charge in [-0.05, 0) is 108 Å². The fourth-order valence-electron chi connectivity index (χ4n) is 10.7. The van der Waals surface area contributed by atoms with Gasteiger partial charge in [0.1, 0.15) is 57.7 Å². The van der Waals surface area contributed by atoms with Gasteiger partial charge in [-0.1, -0.05) is 34.9 Å². The molecule has 0 radical (unpaired) electrons. The number of piperidine rings is 3. The molecule has 3 saturated heterocycles. The van der Waals surface area contributed by atoms with Crippen LogP contribution in [0.25, 0.3) is 81.8 Å². The Morgan fingerprint density at radius 1 is 0.473 bits per heavy atom. The maximum absolute atomic E-state index is 14.1. The summed E-state index contributed by atoms with van der Waals surface area (Å²) in [5.74, 6) is -15.3. The Hall–Kier alpha value is -14.6. The first-order valence-corrected chi connectivity index (χ1v) is 30.9. The topological polar surface area (TPSA) is 370 Å². The van der Waals surface area contributed by atoms with E-state index in [-0.39, 0.29) is 100 Å². The first kappa shape index (κ1) is 37.6. The van der Waals surface area contributed by atoms with Crippen LogP contribution >= 0.6 is 0 Å². The number of carbonyl (C=O) groups is 6. The number of nitrogens with zero attached hydrogens (tertiary/aromatic N) is 21. The Kier molecular flexibility index (Phi) is 11.0.